The Kier molecular flexibility index (Phi) is 4.19. The first-order valence-corrected chi connectivity index (χ1v) is 6.22. The zero-order chi connectivity index (χ0) is 15.4. The van der Waals surface area contributed by atoms with Gasteiger partial charge in [0, 0.05) is 5.69 Å². The molecule has 0 unspecified atom stereocenters. The van der Waals surface area contributed by atoms with E-state index in [4.69, 9.17) is 15.7 Å². The van der Waals surface area contributed by atoms with Crippen molar-refractivity contribution in [2.75, 3.05) is 5.73 Å². The van der Waals surface area contributed by atoms with Crippen LogP contribution in [0.2, 0.25) is 0 Å². The van der Waals surface area contributed by atoms with Crippen LogP contribution in [0.4, 0.5) is 10.1 Å². The number of nitrogen functional groups attached to an aromatic ring is 1. The fraction of sp³-hybridized carbons (Fsp3) is 0.125. The van der Waals surface area contributed by atoms with E-state index in [2.05, 4.69) is 0 Å². The number of nitrogens with zero attached hydrogens (tertiary/aromatic N) is 1. The standard InChI is InChI=1S/C16H13FN2O2/c1-10(20)15-7-14(19)2-3-16(15)21-9-12-4-11(8-18)5-13(17)6-12/h2-7H,9,19H2,1H3. The van der Waals surface area contributed by atoms with E-state index in [9.17, 15) is 9.18 Å². The second-order valence-electron chi connectivity index (χ2n) is 4.56. The average molecular weight is 284 g/mol. The number of benzene rings is 2. The Morgan fingerprint density at radius 1 is 1.33 bits per heavy atom. The van der Waals surface area contributed by atoms with Gasteiger partial charge in [0.05, 0.1) is 17.2 Å². The first kappa shape index (κ1) is 14.5. The smallest absolute Gasteiger partial charge is 0.163 e. The van der Waals surface area contributed by atoms with Gasteiger partial charge < -0.3 is 10.5 Å². The van der Waals surface area contributed by atoms with Crippen LogP contribution in [0.15, 0.2) is 36.4 Å². The third-order valence-corrected chi connectivity index (χ3v) is 2.86. The Morgan fingerprint density at radius 2 is 2.10 bits per heavy atom. The molecular formula is C16H13FN2O2. The van der Waals surface area contributed by atoms with Gasteiger partial charge in [0.2, 0.25) is 0 Å². The van der Waals surface area contributed by atoms with E-state index in [-0.39, 0.29) is 18.0 Å². The highest BCUT2D eigenvalue weighted by Crippen LogP contribution is 2.23. The number of carbonyl (C=O) groups is 1. The van der Waals surface area contributed by atoms with Crippen LogP contribution in [0, 0.1) is 17.1 Å². The lowest BCUT2D eigenvalue weighted by Gasteiger charge is -2.11. The van der Waals surface area contributed by atoms with E-state index in [1.54, 1.807) is 12.1 Å². The number of halogens is 1. The molecule has 0 atom stereocenters. The normalized spacial score (nSPS) is 9.95. The summed E-state index contributed by atoms with van der Waals surface area (Å²) in [5, 5.41) is 8.80. The van der Waals surface area contributed by atoms with Gasteiger partial charge in [-0.1, -0.05) is 0 Å². The highest BCUT2D eigenvalue weighted by atomic mass is 19.1. The molecule has 0 radical (unpaired) electrons. The van der Waals surface area contributed by atoms with Crippen LogP contribution >= 0.6 is 0 Å². The van der Waals surface area contributed by atoms with Gasteiger partial charge in [-0.15, -0.1) is 0 Å². The van der Waals surface area contributed by atoms with Gasteiger partial charge in [0.1, 0.15) is 18.2 Å². The van der Waals surface area contributed by atoms with E-state index >= 15 is 0 Å². The Hall–Kier alpha value is -2.87. The highest BCUT2D eigenvalue weighted by Gasteiger charge is 2.10. The average Bonchev–Trinajstić information content (AvgIpc) is 2.45. The van der Waals surface area contributed by atoms with Gasteiger partial charge in [-0.2, -0.15) is 5.26 Å². The summed E-state index contributed by atoms with van der Waals surface area (Å²) in [4.78, 5) is 11.5. The molecular weight excluding hydrogens is 271 g/mol. The molecule has 0 aromatic heterocycles. The summed E-state index contributed by atoms with van der Waals surface area (Å²) in [7, 11) is 0. The van der Waals surface area contributed by atoms with Crippen LogP contribution < -0.4 is 10.5 Å². The number of anilines is 1. The van der Waals surface area contributed by atoms with Crippen LogP contribution in [-0.4, -0.2) is 5.78 Å². The summed E-state index contributed by atoms with van der Waals surface area (Å²) in [6.07, 6.45) is 0. The van der Waals surface area contributed by atoms with Crippen molar-refractivity contribution >= 4 is 11.5 Å². The second kappa shape index (κ2) is 6.06. The lowest BCUT2D eigenvalue weighted by molar-refractivity contribution is 0.101. The molecule has 21 heavy (non-hydrogen) atoms. The lowest BCUT2D eigenvalue weighted by atomic mass is 10.1. The van der Waals surface area contributed by atoms with Crippen LogP contribution in [0.3, 0.4) is 0 Å². The number of ketones is 1. The van der Waals surface area contributed by atoms with Crippen LogP contribution in [0.1, 0.15) is 28.4 Å². The number of Topliss-reactive ketones (excluding diaryl/α,β-unsaturated/α-hetero) is 1. The number of hydrogen-bond donors (Lipinski definition) is 1. The van der Waals surface area contributed by atoms with Gasteiger partial charge in [0.25, 0.3) is 0 Å². The van der Waals surface area contributed by atoms with E-state index in [0.717, 1.165) is 6.07 Å². The largest absolute Gasteiger partial charge is 0.488 e. The van der Waals surface area contributed by atoms with Crippen molar-refractivity contribution in [1.82, 2.24) is 0 Å². The van der Waals surface area contributed by atoms with Gasteiger partial charge in [-0.3, -0.25) is 4.79 Å². The first-order valence-electron chi connectivity index (χ1n) is 6.22. The molecule has 0 saturated heterocycles. The number of ether oxygens (including phenoxy) is 1. The molecule has 106 valence electrons. The number of nitrogens with two attached hydrogens (primary N) is 1. The molecule has 0 aliphatic carbocycles. The molecule has 5 heteroatoms. The molecule has 0 amide bonds. The van der Waals surface area contributed by atoms with Crippen molar-refractivity contribution in [3.8, 4) is 11.8 Å². The van der Waals surface area contributed by atoms with Crippen LogP contribution in [-0.2, 0) is 6.61 Å². The third kappa shape index (κ3) is 3.57. The number of carbonyl (C=O) groups excluding carboxylic acids is 1. The molecule has 2 aromatic rings. The van der Waals surface area contributed by atoms with E-state index < -0.39 is 5.82 Å². The zero-order valence-corrected chi connectivity index (χ0v) is 11.4. The zero-order valence-electron chi connectivity index (χ0n) is 11.4. The maximum Gasteiger partial charge on any atom is 0.163 e. The predicted octanol–water partition coefficient (Wildman–Crippen LogP) is 3.06. The summed E-state index contributed by atoms with van der Waals surface area (Å²) in [6.45, 7) is 1.47. The summed E-state index contributed by atoms with van der Waals surface area (Å²) in [5.74, 6) is -0.300. The fourth-order valence-corrected chi connectivity index (χ4v) is 1.91. The summed E-state index contributed by atoms with van der Waals surface area (Å²) < 4.78 is 18.9. The monoisotopic (exact) mass is 284 g/mol. The quantitative estimate of drug-likeness (QED) is 0.691. The van der Waals surface area contributed by atoms with Crippen molar-refractivity contribution in [3.05, 3.63) is 58.9 Å². The van der Waals surface area contributed by atoms with Crippen molar-refractivity contribution in [2.24, 2.45) is 0 Å². The molecule has 0 fully saturated rings. The Morgan fingerprint density at radius 3 is 2.76 bits per heavy atom. The fourth-order valence-electron chi connectivity index (χ4n) is 1.91. The van der Waals surface area contributed by atoms with Crippen molar-refractivity contribution in [2.45, 2.75) is 13.5 Å². The molecule has 0 spiro atoms. The number of nitriles is 1. The minimum absolute atomic E-state index is 0.0522. The number of rotatable bonds is 4. The molecule has 0 bridgehead atoms. The summed E-state index contributed by atoms with van der Waals surface area (Å²) >= 11 is 0. The Balaban J connectivity index is 2.23. The molecule has 2 rings (SSSR count). The van der Waals surface area contributed by atoms with Crippen molar-refractivity contribution < 1.29 is 13.9 Å². The minimum Gasteiger partial charge on any atom is -0.488 e. The van der Waals surface area contributed by atoms with Crippen LogP contribution in [0.5, 0.6) is 5.75 Å². The van der Waals surface area contributed by atoms with Crippen molar-refractivity contribution in [1.29, 1.82) is 5.26 Å². The summed E-state index contributed by atoms with van der Waals surface area (Å²) in [6, 6.07) is 10.6. The van der Waals surface area contributed by atoms with E-state index in [1.807, 2.05) is 6.07 Å². The summed E-state index contributed by atoms with van der Waals surface area (Å²) in [5.41, 5.74) is 7.20. The van der Waals surface area contributed by atoms with Gasteiger partial charge in [-0.05, 0) is 48.9 Å². The van der Waals surface area contributed by atoms with Gasteiger partial charge >= 0.3 is 0 Å². The SMILES string of the molecule is CC(=O)c1cc(N)ccc1OCc1cc(F)cc(C#N)c1. The van der Waals surface area contributed by atoms with E-state index in [0.29, 0.717) is 22.6 Å². The molecule has 0 aliphatic heterocycles. The highest BCUT2D eigenvalue weighted by molar-refractivity contribution is 5.97. The minimum atomic E-state index is -0.503. The number of hydrogen-bond acceptors (Lipinski definition) is 4. The first-order chi connectivity index (χ1) is 9.99. The van der Waals surface area contributed by atoms with Crippen LogP contribution in [0.25, 0.3) is 0 Å². The molecule has 0 heterocycles. The molecule has 0 saturated carbocycles. The molecule has 2 N–H and O–H groups in total. The van der Waals surface area contributed by atoms with Crippen molar-refractivity contribution in [3.63, 3.8) is 0 Å². The molecule has 0 aliphatic rings. The second-order valence-corrected chi connectivity index (χ2v) is 4.56. The Labute approximate surface area is 121 Å². The maximum absolute atomic E-state index is 13.3. The molecule has 2 aromatic carbocycles. The maximum atomic E-state index is 13.3. The topological polar surface area (TPSA) is 76.1 Å². The molecule has 4 nitrogen and oxygen atoms in total. The van der Waals surface area contributed by atoms with Gasteiger partial charge in [0.15, 0.2) is 5.78 Å². The van der Waals surface area contributed by atoms with E-state index in [1.165, 1.54) is 25.1 Å². The predicted molar refractivity (Wildman–Crippen MR) is 76.3 cm³/mol. The third-order valence-electron chi connectivity index (χ3n) is 2.86. The lowest BCUT2D eigenvalue weighted by Crippen LogP contribution is -2.03. The van der Waals surface area contributed by atoms with Gasteiger partial charge in [-0.25, -0.2) is 4.39 Å². The Bertz CT molecular complexity index is 736.